The van der Waals surface area contributed by atoms with E-state index in [0.29, 0.717) is 17.3 Å². The Morgan fingerprint density at radius 3 is 2.67 bits per heavy atom. The average Bonchev–Trinajstić information content (AvgIpc) is 2.96. The van der Waals surface area contributed by atoms with Gasteiger partial charge in [-0.25, -0.2) is 4.39 Å². The van der Waals surface area contributed by atoms with E-state index in [1.54, 1.807) is 18.3 Å². The highest BCUT2D eigenvalue weighted by molar-refractivity contribution is 6.33. The summed E-state index contributed by atoms with van der Waals surface area (Å²) in [6.07, 6.45) is 1.73. The van der Waals surface area contributed by atoms with Crippen LogP contribution in [-0.4, -0.2) is 10.2 Å². The van der Waals surface area contributed by atoms with Crippen LogP contribution in [0.2, 0.25) is 5.02 Å². The van der Waals surface area contributed by atoms with E-state index in [1.165, 1.54) is 6.07 Å². The van der Waals surface area contributed by atoms with Gasteiger partial charge in [-0.2, -0.15) is 5.10 Å². The first kappa shape index (κ1) is 13.6. The molecule has 0 spiro atoms. The quantitative estimate of drug-likeness (QED) is 0.746. The molecule has 0 aliphatic carbocycles. The number of hydrogen-bond acceptors (Lipinski definition) is 2. The summed E-state index contributed by atoms with van der Waals surface area (Å²) in [5.41, 5.74) is 3.20. The largest absolute Gasteiger partial charge is 0.377 e. The Hall–Kier alpha value is -2.33. The minimum absolute atomic E-state index is 0.305. The van der Waals surface area contributed by atoms with Crippen LogP contribution in [0.3, 0.4) is 0 Å². The third kappa shape index (κ3) is 2.90. The number of hydrogen-bond donors (Lipinski definition) is 2. The van der Waals surface area contributed by atoms with Gasteiger partial charge in [-0.05, 0) is 17.7 Å². The van der Waals surface area contributed by atoms with E-state index < -0.39 is 0 Å². The molecule has 2 N–H and O–H groups in total. The smallest absolute Gasteiger partial charge is 0.147 e. The Labute approximate surface area is 126 Å². The molecule has 5 heteroatoms. The summed E-state index contributed by atoms with van der Waals surface area (Å²) >= 11 is 6.00. The first-order chi connectivity index (χ1) is 10.3. The first-order valence-corrected chi connectivity index (χ1v) is 6.89. The molecule has 3 aromatic rings. The molecule has 0 unspecified atom stereocenters. The normalized spacial score (nSPS) is 10.6. The van der Waals surface area contributed by atoms with Crippen LogP contribution >= 0.6 is 11.6 Å². The molecule has 21 heavy (non-hydrogen) atoms. The van der Waals surface area contributed by atoms with Crippen LogP contribution in [0.25, 0.3) is 11.3 Å². The molecule has 0 fully saturated rings. The fourth-order valence-corrected chi connectivity index (χ4v) is 2.38. The third-order valence-corrected chi connectivity index (χ3v) is 3.51. The van der Waals surface area contributed by atoms with Crippen LogP contribution in [-0.2, 0) is 6.54 Å². The summed E-state index contributed by atoms with van der Waals surface area (Å²) in [5, 5.41) is 10.4. The minimum atomic E-state index is -0.368. The van der Waals surface area contributed by atoms with Crippen molar-refractivity contribution in [2.24, 2.45) is 0 Å². The monoisotopic (exact) mass is 301 g/mol. The van der Waals surface area contributed by atoms with Crippen molar-refractivity contribution >= 4 is 17.3 Å². The van der Waals surface area contributed by atoms with E-state index in [1.807, 2.05) is 30.3 Å². The van der Waals surface area contributed by atoms with Crippen molar-refractivity contribution in [3.63, 3.8) is 0 Å². The summed E-state index contributed by atoms with van der Waals surface area (Å²) in [4.78, 5) is 0. The maximum atomic E-state index is 13.7. The Bertz CT molecular complexity index is 720. The highest BCUT2D eigenvalue weighted by Crippen LogP contribution is 2.27. The van der Waals surface area contributed by atoms with Crippen molar-refractivity contribution in [3.8, 4) is 11.3 Å². The van der Waals surface area contributed by atoms with Crippen molar-refractivity contribution in [3.05, 3.63) is 71.1 Å². The first-order valence-electron chi connectivity index (χ1n) is 6.51. The molecule has 0 aliphatic rings. The van der Waals surface area contributed by atoms with Crippen LogP contribution < -0.4 is 5.32 Å². The number of anilines is 1. The van der Waals surface area contributed by atoms with Gasteiger partial charge in [-0.1, -0.05) is 48.0 Å². The summed E-state index contributed by atoms with van der Waals surface area (Å²) < 4.78 is 13.7. The van der Waals surface area contributed by atoms with E-state index in [0.717, 1.165) is 16.8 Å². The lowest BCUT2D eigenvalue weighted by Gasteiger charge is -2.09. The number of halogens is 2. The molecule has 0 saturated heterocycles. The summed E-state index contributed by atoms with van der Waals surface area (Å²) in [7, 11) is 0. The number of aromatic nitrogens is 2. The van der Waals surface area contributed by atoms with E-state index >= 15 is 0 Å². The molecule has 2 aromatic carbocycles. The number of aromatic amines is 1. The molecule has 0 radical (unpaired) electrons. The van der Waals surface area contributed by atoms with E-state index in [-0.39, 0.29) is 5.82 Å². The number of benzene rings is 2. The maximum Gasteiger partial charge on any atom is 0.147 e. The van der Waals surface area contributed by atoms with Crippen molar-refractivity contribution in [1.82, 2.24) is 10.2 Å². The SMILES string of the molecule is Fc1cccc(Cl)c1NCc1cn[nH]c1-c1ccccc1. The van der Waals surface area contributed by atoms with E-state index in [4.69, 9.17) is 11.6 Å². The second-order valence-corrected chi connectivity index (χ2v) is 4.99. The Morgan fingerprint density at radius 2 is 1.90 bits per heavy atom. The molecule has 0 bridgehead atoms. The van der Waals surface area contributed by atoms with Crippen LogP contribution in [0.4, 0.5) is 10.1 Å². The highest BCUT2D eigenvalue weighted by Gasteiger charge is 2.10. The van der Waals surface area contributed by atoms with Crippen molar-refractivity contribution in [2.75, 3.05) is 5.32 Å². The molecule has 106 valence electrons. The van der Waals surface area contributed by atoms with Crippen LogP contribution in [0.5, 0.6) is 0 Å². The summed E-state index contributed by atoms with van der Waals surface area (Å²) in [6.45, 7) is 0.432. The molecule has 1 aromatic heterocycles. The molecule has 0 aliphatic heterocycles. The Kier molecular flexibility index (Phi) is 3.88. The van der Waals surface area contributed by atoms with Gasteiger partial charge >= 0.3 is 0 Å². The minimum Gasteiger partial charge on any atom is -0.377 e. The third-order valence-electron chi connectivity index (χ3n) is 3.20. The van der Waals surface area contributed by atoms with E-state index in [9.17, 15) is 4.39 Å². The van der Waals surface area contributed by atoms with Gasteiger partial charge in [0, 0.05) is 12.1 Å². The molecule has 0 saturated carbocycles. The fourth-order valence-electron chi connectivity index (χ4n) is 2.15. The van der Waals surface area contributed by atoms with Crippen molar-refractivity contribution in [1.29, 1.82) is 0 Å². The standard InChI is InChI=1S/C16H13ClFN3/c17-13-7-4-8-14(18)16(13)19-9-12-10-20-21-15(12)11-5-2-1-3-6-11/h1-8,10,19H,9H2,(H,20,21). The number of nitrogens with zero attached hydrogens (tertiary/aromatic N) is 1. The van der Waals surface area contributed by atoms with Gasteiger partial charge in [-0.3, -0.25) is 5.10 Å². The lowest BCUT2D eigenvalue weighted by molar-refractivity contribution is 0.630. The summed E-state index contributed by atoms with van der Waals surface area (Å²) in [6, 6.07) is 14.5. The fraction of sp³-hybridized carbons (Fsp3) is 0.0625. The number of H-pyrrole nitrogens is 1. The van der Waals surface area contributed by atoms with E-state index in [2.05, 4.69) is 15.5 Å². The second kappa shape index (κ2) is 5.97. The number of para-hydroxylation sites is 1. The Balaban J connectivity index is 1.83. The zero-order chi connectivity index (χ0) is 14.7. The molecule has 3 rings (SSSR count). The van der Waals surface area contributed by atoms with Crippen molar-refractivity contribution < 1.29 is 4.39 Å². The van der Waals surface area contributed by atoms with Crippen LogP contribution in [0, 0.1) is 5.82 Å². The predicted molar refractivity (Wildman–Crippen MR) is 82.8 cm³/mol. The molecule has 0 amide bonds. The number of rotatable bonds is 4. The predicted octanol–water partition coefficient (Wildman–Crippen LogP) is 4.48. The van der Waals surface area contributed by atoms with Gasteiger partial charge < -0.3 is 5.32 Å². The zero-order valence-electron chi connectivity index (χ0n) is 11.1. The average molecular weight is 302 g/mol. The Morgan fingerprint density at radius 1 is 1.10 bits per heavy atom. The van der Waals surface area contributed by atoms with Gasteiger partial charge in [-0.15, -0.1) is 0 Å². The molecular weight excluding hydrogens is 289 g/mol. The molecule has 3 nitrogen and oxygen atoms in total. The molecule has 0 atom stereocenters. The molecule has 1 heterocycles. The van der Waals surface area contributed by atoms with Crippen LogP contribution in [0.15, 0.2) is 54.7 Å². The molecular formula is C16H13ClFN3. The van der Waals surface area contributed by atoms with Gasteiger partial charge in [0.25, 0.3) is 0 Å². The van der Waals surface area contributed by atoms with Gasteiger partial charge in [0.05, 0.1) is 22.6 Å². The number of nitrogens with one attached hydrogen (secondary N) is 2. The second-order valence-electron chi connectivity index (χ2n) is 4.59. The lowest BCUT2D eigenvalue weighted by atomic mass is 10.1. The summed E-state index contributed by atoms with van der Waals surface area (Å²) in [5.74, 6) is -0.368. The van der Waals surface area contributed by atoms with Crippen molar-refractivity contribution in [2.45, 2.75) is 6.54 Å². The van der Waals surface area contributed by atoms with Gasteiger partial charge in [0.2, 0.25) is 0 Å². The van der Waals surface area contributed by atoms with Gasteiger partial charge in [0.1, 0.15) is 5.82 Å². The topological polar surface area (TPSA) is 40.7 Å². The zero-order valence-corrected chi connectivity index (χ0v) is 11.9. The van der Waals surface area contributed by atoms with Crippen LogP contribution in [0.1, 0.15) is 5.56 Å². The van der Waals surface area contributed by atoms with Gasteiger partial charge in [0.15, 0.2) is 0 Å². The maximum absolute atomic E-state index is 13.7. The highest BCUT2D eigenvalue weighted by atomic mass is 35.5. The lowest BCUT2D eigenvalue weighted by Crippen LogP contribution is -2.02.